The normalized spacial score (nSPS) is 16.7. The predicted octanol–water partition coefficient (Wildman–Crippen LogP) is 1.96. The van der Waals surface area contributed by atoms with Gasteiger partial charge in [0.05, 0.1) is 13.7 Å². The largest absolute Gasteiger partial charge is 0.481 e. The molecule has 7 nitrogen and oxygen atoms in total. The molecule has 1 N–H and O–H groups in total. The Morgan fingerprint density at radius 1 is 1.33 bits per heavy atom. The molecular formula is C19H20ClN3O4. The van der Waals surface area contributed by atoms with Crippen LogP contribution in [0.15, 0.2) is 42.6 Å². The number of nitrogens with zero attached hydrogens (tertiary/aromatic N) is 2. The third-order valence-corrected chi connectivity index (χ3v) is 4.58. The van der Waals surface area contributed by atoms with Crippen LogP contribution in [-0.4, -0.2) is 48.5 Å². The van der Waals surface area contributed by atoms with Gasteiger partial charge in [-0.15, -0.1) is 0 Å². The molecule has 0 bridgehead atoms. The van der Waals surface area contributed by atoms with Gasteiger partial charge in [0.1, 0.15) is 12.6 Å². The third-order valence-electron chi connectivity index (χ3n) is 4.23. The van der Waals surface area contributed by atoms with E-state index in [1.165, 1.54) is 4.90 Å². The van der Waals surface area contributed by atoms with E-state index in [2.05, 4.69) is 10.3 Å². The smallest absolute Gasteiger partial charge is 0.249 e. The van der Waals surface area contributed by atoms with Crippen molar-refractivity contribution in [2.75, 3.05) is 26.8 Å². The summed E-state index contributed by atoms with van der Waals surface area (Å²) >= 11 is 6.24. The summed E-state index contributed by atoms with van der Waals surface area (Å²) in [5.41, 5.74) is 1.42. The number of rotatable bonds is 6. The molecule has 0 spiro atoms. The van der Waals surface area contributed by atoms with Crippen LogP contribution in [0.25, 0.3) is 0 Å². The fourth-order valence-corrected chi connectivity index (χ4v) is 3.14. The van der Waals surface area contributed by atoms with Crippen LogP contribution in [0, 0.1) is 0 Å². The van der Waals surface area contributed by atoms with Gasteiger partial charge in [0.15, 0.2) is 0 Å². The van der Waals surface area contributed by atoms with Crippen molar-refractivity contribution in [2.24, 2.45) is 0 Å². The van der Waals surface area contributed by atoms with E-state index in [1.807, 2.05) is 6.07 Å². The van der Waals surface area contributed by atoms with Gasteiger partial charge in [0, 0.05) is 35.9 Å². The number of hydrogen-bond acceptors (Lipinski definition) is 5. The zero-order valence-electron chi connectivity index (χ0n) is 14.9. The first-order chi connectivity index (χ1) is 13.1. The number of hydrogen-bond donors (Lipinski definition) is 1. The Kier molecular flexibility index (Phi) is 6.26. The van der Waals surface area contributed by atoms with E-state index in [9.17, 15) is 9.59 Å². The van der Waals surface area contributed by atoms with Gasteiger partial charge in [0.2, 0.25) is 17.7 Å². The Hall–Kier alpha value is -2.64. The number of methoxy groups -OCH3 is 1. The number of benzene rings is 1. The molecule has 2 aromatic rings. The Balaban J connectivity index is 1.64. The SMILES string of the molecule is COc1ccc(COCC(=O)N2CCNC(=O)C2c2ccccc2Cl)cn1. The van der Waals surface area contributed by atoms with Gasteiger partial charge >= 0.3 is 0 Å². The molecule has 1 aromatic carbocycles. The number of amides is 2. The minimum Gasteiger partial charge on any atom is -0.481 e. The van der Waals surface area contributed by atoms with E-state index in [0.717, 1.165) is 5.56 Å². The van der Waals surface area contributed by atoms with Crippen LogP contribution in [-0.2, 0) is 20.9 Å². The van der Waals surface area contributed by atoms with Gasteiger partial charge in [-0.25, -0.2) is 4.98 Å². The van der Waals surface area contributed by atoms with Crippen LogP contribution in [0.3, 0.4) is 0 Å². The number of aromatic nitrogens is 1. The van der Waals surface area contributed by atoms with Crippen LogP contribution >= 0.6 is 11.6 Å². The molecule has 1 atom stereocenters. The number of piperazine rings is 1. The summed E-state index contributed by atoms with van der Waals surface area (Å²) in [5.74, 6) is -0.00460. The highest BCUT2D eigenvalue weighted by Crippen LogP contribution is 2.29. The molecule has 3 rings (SSSR count). The zero-order chi connectivity index (χ0) is 19.2. The summed E-state index contributed by atoms with van der Waals surface area (Å²) in [4.78, 5) is 30.7. The number of halogens is 1. The molecule has 1 saturated heterocycles. The van der Waals surface area contributed by atoms with Gasteiger partial charge in [-0.3, -0.25) is 9.59 Å². The second-order valence-electron chi connectivity index (χ2n) is 6.00. The lowest BCUT2D eigenvalue weighted by Crippen LogP contribution is -2.53. The molecule has 2 amide bonds. The molecule has 1 aliphatic heterocycles. The van der Waals surface area contributed by atoms with Crippen LogP contribution in [0.5, 0.6) is 5.88 Å². The average molecular weight is 390 g/mol. The first-order valence-electron chi connectivity index (χ1n) is 8.48. The van der Waals surface area contributed by atoms with Gasteiger partial charge in [0.25, 0.3) is 0 Å². The van der Waals surface area contributed by atoms with Crippen molar-refractivity contribution >= 4 is 23.4 Å². The molecule has 1 fully saturated rings. The maximum atomic E-state index is 12.7. The highest BCUT2D eigenvalue weighted by atomic mass is 35.5. The maximum absolute atomic E-state index is 12.7. The number of nitrogens with one attached hydrogen (secondary N) is 1. The van der Waals surface area contributed by atoms with E-state index < -0.39 is 6.04 Å². The Morgan fingerprint density at radius 2 is 2.15 bits per heavy atom. The van der Waals surface area contributed by atoms with Crippen LogP contribution in [0.2, 0.25) is 5.02 Å². The van der Waals surface area contributed by atoms with Gasteiger partial charge in [-0.05, 0) is 17.7 Å². The lowest BCUT2D eigenvalue weighted by Gasteiger charge is -2.35. The first-order valence-corrected chi connectivity index (χ1v) is 8.86. The number of pyridine rings is 1. The summed E-state index contributed by atoms with van der Waals surface area (Å²) in [7, 11) is 1.54. The van der Waals surface area contributed by atoms with Crippen LogP contribution in [0.1, 0.15) is 17.2 Å². The molecule has 1 unspecified atom stereocenters. The quantitative estimate of drug-likeness (QED) is 0.816. The second kappa shape index (κ2) is 8.83. The lowest BCUT2D eigenvalue weighted by molar-refractivity contribution is -0.147. The fraction of sp³-hybridized carbons (Fsp3) is 0.316. The number of carbonyl (C=O) groups excluding carboxylic acids is 2. The third kappa shape index (κ3) is 4.56. The Bertz CT molecular complexity index is 813. The molecule has 1 aliphatic rings. The van der Waals surface area contributed by atoms with Gasteiger partial charge in [-0.1, -0.05) is 29.8 Å². The Morgan fingerprint density at radius 3 is 2.85 bits per heavy atom. The second-order valence-corrected chi connectivity index (χ2v) is 6.41. The van der Waals surface area contributed by atoms with Crippen LogP contribution < -0.4 is 10.1 Å². The van der Waals surface area contributed by atoms with Crippen molar-refractivity contribution in [1.82, 2.24) is 15.2 Å². The number of ether oxygens (including phenoxy) is 2. The van der Waals surface area contributed by atoms with E-state index in [1.54, 1.807) is 43.6 Å². The molecule has 1 aromatic heterocycles. The van der Waals surface area contributed by atoms with E-state index >= 15 is 0 Å². The van der Waals surface area contributed by atoms with Gasteiger partial charge < -0.3 is 19.7 Å². The van der Waals surface area contributed by atoms with Crippen molar-refractivity contribution in [3.05, 3.63) is 58.7 Å². The van der Waals surface area contributed by atoms with Crippen molar-refractivity contribution < 1.29 is 19.1 Å². The minimum absolute atomic E-state index is 0.139. The van der Waals surface area contributed by atoms with Gasteiger partial charge in [-0.2, -0.15) is 0 Å². The summed E-state index contributed by atoms with van der Waals surface area (Å²) in [6.45, 7) is 0.891. The molecule has 2 heterocycles. The average Bonchev–Trinajstić information content (AvgIpc) is 2.69. The van der Waals surface area contributed by atoms with Crippen molar-refractivity contribution in [3.63, 3.8) is 0 Å². The van der Waals surface area contributed by atoms with E-state index in [-0.39, 0.29) is 25.0 Å². The molecule has 0 saturated carbocycles. The maximum Gasteiger partial charge on any atom is 0.249 e. The number of carbonyl (C=O) groups is 2. The first kappa shape index (κ1) is 19.1. The van der Waals surface area contributed by atoms with E-state index in [4.69, 9.17) is 21.1 Å². The molecule has 0 radical (unpaired) electrons. The standard InChI is InChI=1S/C19H20ClN3O4/c1-26-16-7-6-13(10-22-16)11-27-12-17(24)23-9-8-21-19(25)18(23)14-4-2-3-5-15(14)20/h2-7,10,18H,8-9,11-12H2,1H3,(H,21,25). The summed E-state index contributed by atoms with van der Waals surface area (Å²) in [5, 5.41) is 3.23. The van der Waals surface area contributed by atoms with Crippen molar-refractivity contribution in [2.45, 2.75) is 12.6 Å². The molecule has 142 valence electrons. The zero-order valence-corrected chi connectivity index (χ0v) is 15.6. The van der Waals surface area contributed by atoms with E-state index in [0.29, 0.717) is 29.6 Å². The van der Waals surface area contributed by atoms with Crippen molar-refractivity contribution in [3.8, 4) is 5.88 Å². The van der Waals surface area contributed by atoms with Crippen LogP contribution in [0.4, 0.5) is 0 Å². The molecule has 27 heavy (non-hydrogen) atoms. The summed E-state index contributed by atoms with van der Waals surface area (Å²) in [6, 6.07) is 9.81. The summed E-state index contributed by atoms with van der Waals surface area (Å²) < 4.78 is 10.5. The monoisotopic (exact) mass is 389 g/mol. The fourth-order valence-electron chi connectivity index (χ4n) is 2.90. The highest BCUT2D eigenvalue weighted by molar-refractivity contribution is 6.31. The lowest BCUT2D eigenvalue weighted by atomic mass is 10.0. The molecular weight excluding hydrogens is 370 g/mol. The van der Waals surface area contributed by atoms with Crippen molar-refractivity contribution in [1.29, 1.82) is 0 Å². The minimum atomic E-state index is -0.758. The highest BCUT2D eigenvalue weighted by Gasteiger charge is 2.35. The summed E-state index contributed by atoms with van der Waals surface area (Å²) in [6.07, 6.45) is 1.63. The molecule has 0 aliphatic carbocycles. The predicted molar refractivity (Wildman–Crippen MR) is 99.4 cm³/mol. The Labute approximate surface area is 162 Å². The molecule has 8 heteroatoms. The topological polar surface area (TPSA) is 80.8 Å².